The van der Waals surface area contributed by atoms with Gasteiger partial charge in [0.1, 0.15) is 0 Å². The molecular weight excluding hydrogens is 328 g/mol. The van der Waals surface area contributed by atoms with Crippen LogP contribution < -0.4 is 5.32 Å². The number of nitrogens with zero attached hydrogens (tertiary/aromatic N) is 1. The predicted molar refractivity (Wildman–Crippen MR) is 99.3 cm³/mol. The van der Waals surface area contributed by atoms with E-state index in [1.807, 2.05) is 0 Å². The van der Waals surface area contributed by atoms with Gasteiger partial charge in [0.25, 0.3) is 0 Å². The van der Waals surface area contributed by atoms with E-state index in [9.17, 15) is 9.59 Å². The smallest absolute Gasteiger partial charge is 0.305 e. The van der Waals surface area contributed by atoms with E-state index >= 15 is 0 Å². The molecule has 0 aromatic rings. The van der Waals surface area contributed by atoms with Gasteiger partial charge >= 0.3 is 11.9 Å². The van der Waals surface area contributed by atoms with E-state index in [1.54, 1.807) is 4.90 Å². The molecular formula is C17H32N2O4S. The van der Waals surface area contributed by atoms with Crippen LogP contribution in [0.3, 0.4) is 0 Å². The second kappa shape index (κ2) is 15.2. The van der Waals surface area contributed by atoms with Crippen LogP contribution in [0.1, 0.15) is 71.1 Å². The Bertz CT molecular complexity index is 360. The maximum Gasteiger partial charge on any atom is 0.305 e. The summed E-state index contributed by atoms with van der Waals surface area (Å²) < 4.78 is 0. The third-order valence-corrected chi connectivity index (χ3v) is 4.19. The molecule has 0 bridgehead atoms. The SMILES string of the molecule is CCCCCCCCCCNC(=S)N(CCC(=O)O)CCC(=O)O. The lowest BCUT2D eigenvalue weighted by molar-refractivity contribution is -0.137. The zero-order valence-corrected chi connectivity index (χ0v) is 15.6. The molecule has 0 amide bonds. The first-order chi connectivity index (χ1) is 11.5. The van der Waals surface area contributed by atoms with Crippen LogP contribution >= 0.6 is 12.2 Å². The van der Waals surface area contributed by atoms with Crippen LogP contribution in [0.25, 0.3) is 0 Å². The molecule has 0 radical (unpaired) electrons. The van der Waals surface area contributed by atoms with Crippen LogP contribution in [0.15, 0.2) is 0 Å². The molecule has 0 aliphatic heterocycles. The minimum Gasteiger partial charge on any atom is -0.481 e. The standard InChI is InChI=1S/C17H32N2O4S/c1-2-3-4-5-6-7-8-9-12-18-17(24)19(13-10-15(20)21)14-11-16(22)23/h2-14H2,1H3,(H,18,24)(H,20,21)(H,22,23). The number of hydrogen-bond acceptors (Lipinski definition) is 3. The maximum absolute atomic E-state index is 10.7. The molecule has 0 heterocycles. The topological polar surface area (TPSA) is 89.9 Å². The minimum absolute atomic E-state index is 0.0564. The molecule has 140 valence electrons. The van der Waals surface area contributed by atoms with Crippen molar-refractivity contribution in [2.45, 2.75) is 71.1 Å². The summed E-state index contributed by atoms with van der Waals surface area (Å²) in [6, 6.07) is 0. The number of thiocarbonyl (C=S) groups is 1. The molecule has 24 heavy (non-hydrogen) atoms. The first-order valence-electron chi connectivity index (χ1n) is 8.93. The molecule has 0 aromatic carbocycles. The van der Waals surface area contributed by atoms with Crippen molar-refractivity contribution in [3.05, 3.63) is 0 Å². The highest BCUT2D eigenvalue weighted by Crippen LogP contribution is 2.08. The molecule has 0 spiro atoms. The molecule has 0 atom stereocenters. The summed E-state index contributed by atoms with van der Waals surface area (Å²) in [5.41, 5.74) is 0. The number of carboxylic acids is 2. The zero-order chi connectivity index (χ0) is 18.2. The number of carbonyl (C=O) groups is 2. The summed E-state index contributed by atoms with van der Waals surface area (Å²) in [5, 5.41) is 21.1. The van der Waals surface area contributed by atoms with Crippen LogP contribution in [-0.4, -0.2) is 51.8 Å². The predicted octanol–water partition coefficient (Wildman–Crippen LogP) is 3.25. The second-order valence-corrected chi connectivity index (χ2v) is 6.37. The van der Waals surface area contributed by atoms with E-state index in [-0.39, 0.29) is 25.9 Å². The fraction of sp³-hybridized carbons (Fsp3) is 0.824. The average Bonchev–Trinajstić information content (AvgIpc) is 2.52. The van der Waals surface area contributed by atoms with Crippen molar-refractivity contribution in [2.24, 2.45) is 0 Å². The molecule has 0 aliphatic carbocycles. The van der Waals surface area contributed by atoms with E-state index in [0.717, 1.165) is 19.4 Å². The van der Waals surface area contributed by atoms with E-state index in [2.05, 4.69) is 12.2 Å². The van der Waals surface area contributed by atoms with Gasteiger partial charge in [-0.1, -0.05) is 51.9 Å². The van der Waals surface area contributed by atoms with Crippen LogP contribution in [0, 0.1) is 0 Å². The fourth-order valence-electron chi connectivity index (χ4n) is 2.34. The Morgan fingerprint density at radius 3 is 1.79 bits per heavy atom. The molecule has 0 fully saturated rings. The van der Waals surface area contributed by atoms with Crippen LogP contribution in [0.2, 0.25) is 0 Å². The van der Waals surface area contributed by atoms with Gasteiger partial charge in [0.2, 0.25) is 0 Å². The molecule has 7 heteroatoms. The highest BCUT2D eigenvalue weighted by atomic mass is 32.1. The second-order valence-electron chi connectivity index (χ2n) is 5.98. The third-order valence-electron chi connectivity index (χ3n) is 3.78. The van der Waals surface area contributed by atoms with Gasteiger partial charge in [-0.2, -0.15) is 0 Å². The van der Waals surface area contributed by atoms with Crippen molar-refractivity contribution in [1.82, 2.24) is 10.2 Å². The van der Waals surface area contributed by atoms with Gasteiger partial charge in [-0.3, -0.25) is 9.59 Å². The third kappa shape index (κ3) is 14.2. The summed E-state index contributed by atoms with van der Waals surface area (Å²) in [6.07, 6.45) is 9.75. The quantitative estimate of drug-likeness (QED) is 0.305. The van der Waals surface area contributed by atoms with Gasteiger partial charge in [0, 0.05) is 19.6 Å². The monoisotopic (exact) mass is 360 g/mol. The van der Waals surface area contributed by atoms with E-state index in [4.69, 9.17) is 22.4 Å². The molecule has 6 nitrogen and oxygen atoms in total. The Morgan fingerprint density at radius 1 is 0.875 bits per heavy atom. The Kier molecular flexibility index (Phi) is 14.3. The summed E-state index contributed by atoms with van der Waals surface area (Å²) in [5.74, 6) is -1.83. The Hall–Kier alpha value is -1.37. The van der Waals surface area contributed by atoms with Gasteiger partial charge in [-0.05, 0) is 18.6 Å². The maximum atomic E-state index is 10.7. The summed E-state index contributed by atoms with van der Waals surface area (Å²) >= 11 is 5.26. The molecule has 0 rings (SSSR count). The van der Waals surface area contributed by atoms with Crippen molar-refractivity contribution >= 4 is 29.3 Å². The summed E-state index contributed by atoms with van der Waals surface area (Å²) in [7, 11) is 0. The largest absolute Gasteiger partial charge is 0.481 e. The molecule has 0 aliphatic rings. The van der Waals surface area contributed by atoms with Crippen LogP contribution in [-0.2, 0) is 9.59 Å². The number of carboxylic acid groups (broad SMARTS) is 2. The normalized spacial score (nSPS) is 10.4. The molecule has 0 saturated carbocycles. The van der Waals surface area contributed by atoms with Gasteiger partial charge in [-0.15, -0.1) is 0 Å². The number of nitrogens with one attached hydrogen (secondary N) is 1. The molecule has 0 unspecified atom stereocenters. The average molecular weight is 361 g/mol. The van der Waals surface area contributed by atoms with Crippen LogP contribution in [0.5, 0.6) is 0 Å². The lowest BCUT2D eigenvalue weighted by atomic mass is 10.1. The van der Waals surface area contributed by atoms with Crippen molar-refractivity contribution in [2.75, 3.05) is 19.6 Å². The van der Waals surface area contributed by atoms with Crippen molar-refractivity contribution in [3.8, 4) is 0 Å². The van der Waals surface area contributed by atoms with Gasteiger partial charge in [0.15, 0.2) is 5.11 Å². The van der Waals surface area contributed by atoms with Gasteiger partial charge < -0.3 is 20.4 Å². The highest BCUT2D eigenvalue weighted by Gasteiger charge is 2.12. The zero-order valence-electron chi connectivity index (χ0n) is 14.8. The van der Waals surface area contributed by atoms with E-state index in [1.165, 1.54) is 38.5 Å². The lowest BCUT2D eigenvalue weighted by Crippen LogP contribution is -2.42. The first-order valence-corrected chi connectivity index (χ1v) is 9.34. The van der Waals surface area contributed by atoms with Crippen molar-refractivity contribution in [3.63, 3.8) is 0 Å². The van der Waals surface area contributed by atoms with Gasteiger partial charge in [-0.25, -0.2) is 0 Å². The Balaban J connectivity index is 3.87. The first kappa shape index (κ1) is 22.6. The number of rotatable bonds is 15. The number of hydrogen-bond donors (Lipinski definition) is 3. The summed E-state index contributed by atoms with van der Waals surface area (Å²) in [4.78, 5) is 23.0. The van der Waals surface area contributed by atoms with Gasteiger partial charge in [0.05, 0.1) is 12.8 Å². The lowest BCUT2D eigenvalue weighted by Gasteiger charge is -2.24. The highest BCUT2D eigenvalue weighted by molar-refractivity contribution is 7.80. The fourth-order valence-corrected chi connectivity index (χ4v) is 2.63. The van der Waals surface area contributed by atoms with Crippen molar-refractivity contribution in [1.29, 1.82) is 0 Å². The van der Waals surface area contributed by atoms with E-state index in [0.29, 0.717) is 5.11 Å². The minimum atomic E-state index is -0.916. The summed E-state index contributed by atoms with van der Waals surface area (Å²) in [6.45, 7) is 3.41. The van der Waals surface area contributed by atoms with Crippen LogP contribution in [0.4, 0.5) is 0 Å². The number of aliphatic carboxylic acids is 2. The van der Waals surface area contributed by atoms with E-state index < -0.39 is 11.9 Å². The molecule has 0 aromatic heterocycles. The molecule has 0 saturated heterocycles. The Morgan fingerprint density at radius 2 is 1.33 bits per heavy atom. The number of unbranched alkanes of at least 4 members (excludes halogenated alkanes) is 7. The molecule has 3 N–H and O–H groups in total. The Labute approximate surface area is 150 Å². The van der Waals surface area contributed by atoms with Crippen molar-refractivity contribution < 1.29 is 19.8 Å².